The highest BCUT2D eigenvalue weighted by Crippen LogP contribution is 2.24. The molecule has 3 N–H and O–H groups in total. The molecule has 0 saturated heterocycles. The monoisotopic (exact) mass is 230 g/mol. The molecular weight excluding hydrogens is 216 g/mol. The van der Waals surface area contributed by atoms with Gasteiger partial charge in [0.15, 0.2) is 0 Å². The van der Waals surface area contributed by atoms with Gasteiger partial charge in [0.1, 0.15) is 5.75 Å². The van der Waals surface area contributed by atoms with Crippen molar-refractivity contribution >= 4 is 21.4 Å². The lowest BCUT2D eigenvalue weighted by molar-refractivity contribution is 0.340. The number of hydrogen-bond acceptors (Lipinski definition) is 4. The van der Waals surface area contributed by atoms with E-state index in [-0.39, 0.29) is 0 Å². The van der Waals surface area contributed by atoms with Crippen molar-refractivity contribution < 1.29 is 13.2 Å². The Balaban J connectivity index is 2.93. The molecule has 0 atom stereocenters. The van der Waals surface area contributed by atoms with Crippen LogP contribution in [-0.4, -0.2) is 21.3 Å². The number of sulfonamides is 1. The molecule has 0 heterocycles. The molecule has 84 valence electrons. The van der Waals surface area contributed by atoms with Crippen LogP contribution in [0.15, 0.2) is 18.2 Å². The Labute approximate surface area is 89.3 Å². The molecule has 1 aromatic carbocycles. The van der Waals surface area contributed by atoms with Gasteiger partial charge in [-0.3, -0.25) is 4.72 Å². The summed E-state index contributed by atoms with van der Waals surface area (Å²) in [5.41, 5.74) is 6.35. The van der Waals surface area contributed by atoms with E-state index < -0.39 is 10.0 Å². The van der Waals surface area contributed by atoms with E-state index in [2.05, 4.69) is 4.72 Å². The van der Waals surface area contributed by atoms with E-state index in [0.29, 0.717) is 23.7 Å². The number of nitrogens with two attached hydrogens (primary N) is 1. The summed E-state index contributed by atoms with van der Waals surface area (Å²) in [6.07, 6.45) is 1.07. The molecule has 0 amide bonds. The van der Waals surface area contributed by atoms with Gasteiger partial charge in [0.05, 0.1) is 24.2 Å². The first-order chi connectivity index (χ1) is 6.92. The molecule has 0 aliphatic carbocycles. The highest BCUT2D eigenvalue weighted by molar-refractivity contribution is 7.92. The predicted molar refractivity (Wildman–Crippen MR) is 60.5 cm³/mol. The number of benzene rings is 1. The third-order valence-electron chi connectivity index (χ3n) is 1.63. The zero-order chi connectivity index (χ0) is 11.5. The highest BCUT2D eigenvalue weighted by Gasteiger charge is 2.06. The van der Waals surface area contributed by atoms with Crippen molar-refractivity contribution in [2.45, 2.75) is 6.92 Å². The third-order valence-corrected chi connectivity index (χ3v) is 2.22. The third kappa shape index (κ3) is 3.67. The molecule has 0 aromatic heterocycles. The van der Waals surface area contributed by atoms with Crippen molar-refractivity contribution in [1.29, 1.82) is 0 Å². The summed E-state index contributed by atoms with van der Waals surface area (Å²) in [4.78, 5) is 0. The summed E-state index contributed by atoms with van der Waals surface area (Å²) in [5.74, 6) is 0.619. The predicted octanol–water partition coefficient (Wildman–Crippen LogP) is 1.04. The summed E-state index contributed by atoms with van der Waals surface area (Å²) in [5, 5.41) is 0. The molecule has 0 bridgehead atoms. The molecule has 6 heteroatoms. The maximum Gasteiger partial charge on any atom is 0.229 e. The SMILES string of the molecule is CCOc1ccc(NS(C)(=O)=O)c(N)c1. The summed E-state index contributed by atoms with van der Waals surface area (Å²) in [6.45, 7) is 2.40. The first kappa shape index (κ1) is 11.6. The quantitative estimate of drug-likeness (QED) is 0.757. The Morgan fingerprint density at radius 3 is 2.60 bits per heavy atom. The number of hydrogen-bond donors (Lipinski definition) is 2. The van der Waals surface area contributed by atoms with Crippen LogP contribution in [0.1, 0.15) is 6.92 Å². The maximum absolute atomic E-state index is 11.0. The topological polar surface area (TPSA) is 81.4 Å². The Morgan fingerprint density at radius 1 is 1.47 bits per heavy atom. The van der Waals surface area contributed by atoms with Gasteiger partial charge in [-0.05, 0) is 19.1 Å². The van der Waals surface area contributed by atoms with Crippen molar-refractivity contribution in [3.63, 3.8) is 0 Å². The van der Waals surface area contributed by atoms with Gasteiger partial charge in [0.2, 0.25) is 10.0 Å². The number of ether oxygens (including phenoxy) is 1. The molecule has 1 rings (SSSR count). The van der Waals surface area contributed by atoms with E-state index in [9.17, 15) is 8.42 Å². The molecule has 0 radical (unpaired) electrons. The van der Waals surface area contributed by atoms with Crippen molar-refractivity contribution in [2.75, 3.05) is 23.3 Å². The molecule has 0 aliphatic rings. The summed E-state index contributed by atoms with van der Waals surface area (Å²) >= 11 is 0. The van der Waals surface area contributed by atoms with Gasteiger partial charge in [-0.1, -0.05) is 0 Å². The molecule has 0 unspecified atom stereocenters. The minimum Gasteiger partial charge on any atom is -0.494 e. The van der Waals surface area contributed by atoms with Gasteiger partial charge in [-0.15, -0.1) is 0 Å². The lowest BCUT2D eigenvalue weighted by atomic mass is 10.2. The highest BCUT2D eigenvalue weighted by atomic mass is 32.2. The Kier molecular flexibility index (Phi) is 3.41. The standard InChI is InChI=1S/C9H14N2O3S/c1-3-14-7-4-5-9(8(10)6-7)11-15(2,12)13/h4-6,11H,3,10H2,1-2H3. The minimum absolute atomic E-state index is 0.339. The first-order valence-corrected chi connectivity index (χ1v) is 6.31. The Morgan fingerprint density at radius 2 is 2.13 bits per heavy atom. The Bertz CT molecular complexity index is 443. The fourth-order valence-electron chi connectivity index (χ4n) is 1.09. The van der Waals surface area contributed by atoms with E-state index in [1.54, 1.807) is 18.2 Å². The van der Waals surface area contributed by atoms with Crippen LogP contribution in [-0.2, 0) is 10.0 Å². The van der Waals surface area contributed by atoms with Crippen LogP contribution in [0, 0.1) is 0 Å². The largest absolute Gasteiger partial charge is 0.494 e. The molecule has 1 aromatic rings. The lowest BCUT2D eigenvalue weighted by Crippen LogP contribution is -2.11. The van der Waals surface area contributed by atoms with E-state index in [4.69, 9.17) is 10.5 Å². The number of nitrogens with one attached hydrogen (secondary N) is 1. The van der Waals surface area contributed by atoms with Gasteiger partial charge in [-0.2, -0.15) is 0 Å². The average Bonchev–Trinajstić information content (AvgIpc) is 2.08. The molecule has 0 fully saturated rings. The fraction of sp³-hybridized carbons (Fsp3) is 0.333. The lowest BCUT2D eigenvalue weighted by Gasteiger charge is -2.09. The number of rotatable bonds is 4. The summed E-state index contributed by atoms with van der Waals surface area (Å²) < 4.78 is 29.5. The van der Waals surface area contributed by atoms with E-state index >= 15 is 0 Å². The minimum atomic E-state index is -3.30. The van der Waals surface area contributed by atoms with Crippen LogP contribution in [0.25, 0.3) is 0 Å². The molecule has 15 heavy (non-hydrogen) atoms. The van der Waals surface area contributed by atoms with E-state index in [1.165, 1.54) is 0 Å². The fourth-order valence-corrected chi connectivity index (χ4v) is 1.68. The zero-order valence-corrected chi connectivity index (χ0v) is 9.47. The molecular formula is C9H14N2O3S. The van der Waals surface area contributed by atoms with Gasteiger partial charge >= 0.3 is 0 Å². The average molecular weight is 230 g/mol. The van der Waals surface area contributed by atoms with Gasteiger partial charge < -0.3 is 10.5 Å². The van der Waals surface area contributed by atoms with Gasteiger partial charge in [0, 0.05) is 6.07 Å². The second-order valence-corrected chi connectivity index (χ2v) is 4.80. The summed E-state index contributed by atoms with van der Waals surface area (Å²) in [6, 6.07) is 4.81. The Hall–Kier alpha value is -1.43. The second-order valence-electron chi connectivity index (χ2n) is 3.06. The van der Waals surface area contributed by atoms with Crippen molar-refractivity contribution in [3.05, 3.63) is 18.2 Å². The van der Waals surface area contributed by atoms with Crippen LogP contribution in [0.2, 0.25) is 0 Å². The van der Waals surface area contributed by atoms with Crippen LogP contribution in [0.4, 0.5) is 11.4 Å². The number of nitrogen functional groups attached to an aromatic ring is 1. The molecule has 0 aliphatic heterocycles. The smallest absolute Gasteiger partial charge is 0.229 e. The molecule has 0 saturated carbocycles. The van der Waals surface area contributed by atoms with Crippen molar-refractivity contribution in [2.24, 2.45) is 0 Å². The van der Waals surface area contributed by atoms with E-state index in [1.807, 2.05) is 6.92 Å². The van der Waals surface area contributed by atoms with Crippen molar-refractivity contribution in [1.82, 2.24) is 0 Å². The van der Waals surface area contributed by atoms with Crippen LogP contribution < -0.4 is 15.2 Å². The maximum atomic E-state index is 11.0. The van der Waals surface area contributed by atoms with E-state index in [0.717, 1.165) is 6.26 Å². The van der Waals surface area contributed by atoms with Crippen LogP contribution in [0.5, 0.6) is 5.75 Å². The second kappa shape index (κ2) is 4.39. The zero-order valence-electron chi connectivity index (χ0n) is 8.65. The van der Waals surface area contributed by atoms with Crippen LogP contribution >= 0.6 is 0 Å². The molecule has 5 nitrogen and oxygen atoms in total. The molecule has 0 spiro atoms. The number of anilines is 2. The van der Waals surface area contributed by atoms with Gasteiger partial charge in [0.25, 0.3) is 0 Å². The normalized spacial score (nSPS) is 11.1. The van der Waals surface area contributed by atoms with Gasteiger partial charge in [-0.25, -0.2) is 8.42 Å². The summed E-state index contributed by atoms with van der Waals surface area (Å²) in [7, 11) is -3.30. The van der Waals surface area contributed by atoms with Crippen LogP contribution in [0.3, 0.4) is 0 Å². The first-order valence-electron chi connectivity index (χ1n) is 4.42. The van der Waals surface area contributed by atoms with Crippen molar-refractivity contribution in [3.8, 4) is 5.75 Å².